The molecule has 1 rings (SSSR count). The number of hydrogen-bond acceptors (Lipinski definition) is 3. The minimum atomic E-state index is -0.317. The first-order chi connectivity index (χ1) is 5.83. The Labute approximate surface area is 77.4 Å². The van der Waals surface area contributed by atoms with Crippen molar-refractivity contribution in [2.24, 2.45) is 5.92 Å². The number of nitrogens with one attached hydrogen (secondary N) is 1. The van der Waals surface area contributed by atoms with E-state index in [9.17, 15) is 4.79 Å². The molecule has 1 N–H and O–H groups in total. The number of rotatable bonds is 3. The second-order valence-electron chi connectivity index (χ2n) is 3.03. The highest BCUT2D eigenvalue weighted by Crippen LogP contribution is 2.09. The first kappa shape index (κ1) is 9.81. The van der Waals surface area contributed by atoms with Crippen LogP contribution in [0.5, 0.6) is 0 Å². The molecule has 0 aliphatic carbocycles. The van der Waals surface area contributed by atoms with Gasteiger partial charge in [-0.25, -0.2) is 0 Å². The summed E-state index contributed by atoms with van der Waals surface area (Å²) in [5, 5.41) is 3.25. The van der Waals surface area contributed by atoms with E-state index in [-0.39, 0.29) is 11.8 Å². The summed E-state index contributed by atoms with van der Waals surface area (Å²) >= 11 is 5.28. The van der Waals surface area contributed by atoms with Crippen molar-refractivity contribution in [1.82, 2.24) is 5.32 Å². The van der Waals surface area contributed by atoms with Gasteiger partial charge < -0.3 is 10.1 Å². The standard InChI is InChI=1S/C8H14ClNO2/c9-4-8(11)12-6-7-2-1-3-10-5-7/h7,10H,1-6H2/t7-/m0/s1. The molecule has 0 amide bonds. The van der Waals surface area contributed by atoms with Crippen LogP contribution in [0.25, 0.3) is 0 Å². The van der Waals surface area contributed by atoms with Crippen LogP contribution < -0.4 is 5.32 Å². The highest BCUT2D eigenvalue weighted by Gasteiger charge is 2.14. The third-order valence-electron chi connectivity index (χ3n) is 1.99. The lowest BCUT2D eigenvalue weighted by atomic mass is 10.0. The molecule has 0 aromatic carbocycles. The van der Waals surface area contributed by atoms with E-state index in [0.29, 0.717) is 12.5 Å². The van der Waals surface area contributed by atoms with Crippen molar-refractivity contribution in [1.29, 1.82) is 0 Å². The predicted octanol–water partition coefficient (Wildman–Crippen LogP) is 0.768. The second kappa shape index (κ2) is 5.38. The van der Waals surface area contributed by atoms with Crippen LogP contribution in [0.2, 0.25) is 0 Å². The van der Waals surface area contributed by atoms with Crippen LogP contribution in [0.15, 0.2) is 0 Å². The molecular weight excluding hydrogens is 178 g/mol. The van der Waals surface area contributed by atoms with Gasteiger partial charge in [0.25, 0.3) is 0 Å². The van der Waals surface area contributed by atoms with Gasteiger partial charge >= 0.3 is 5.97 Å². The predicted molar refractivity (Wildman–Crippen MR) is 47.3 cm³/mol. The van der Waals surface area contributed by atoms with E-state index in [1.165, 1.54) is 6.42 Å². The Bertz CT molecular complexity index is 146. The molecule has 0 aromatic rings. The molecular formula is C8H14ClNO2. The van der Waals surface area contributed by atoms with Gasteiger partial charge in [0.2, 0.25) is 0 Å². The summed E-state index contributed by atoms with van der Waals surface area (Å²) in [5.74, 6) is 0.119. The molecule has 0 unspecified atom stereocenters. The Morgan fingerprint density at radius 2 is 2.50 bits per heavy atom. The van der Waals surface area contributed by atoms with Crippen LogP contribution in [-0.4, -0.2) is 31.5 Å². The number of halogens is 1. The zero-order chi connectivity index (χ0) is 8.81. The summed E-state index contributed by atoms with van der Waals surface area (Å²) in [4.78, 5) is 10.7. The summed E-state index contributed by atoms with van der Waals surface area (Å²) in [5.41, 5.74) is 0. The Morgan fingerprint density at radius 1 is 1.67 bits per heavy atom. The number of hydrogen-bond donors (Lipinski definition) is 1. The highest BCUT2D eigenvalue weighted by atomic mass is 35.5. The van der Waals surface area contributed by atoms with Crippen LogP contribution in [0.4, 0.5) is 0 Å². The van der Waals surface area contributed by atoms with E-state index >= 15 is 0 Å². The van der Waals surface area contributed by atoms with Gasteiger partial charge in [0.15, 0.2) is 0 Å². The Morgan fingerprint density at radius 3 is 3.08 bits per heavy atom. The summed E-state index contributed by atoms with van der Waals surface area (Å²) in [6, 6.07) is 0. The Kier molecular flexibility index (Phi) is 4.40. The normalized spacial score (nSPS) is 23.6. The molecule has 3 nitrogen and oxygen atoms in total. The summed E-state index contributed by atoms with van der Waals surface area (Å²) < 4.78 is 4.92. The maximum atomic E-state index is 10.7. The minimum absolute atomic E-state index is 0.0415. The van der Waals surface area contributed by atoms with E-state index in [4.69, 9.17) is 16.3 Å². The lowest BCUT2D eigenvalue weighted by Gasteiger charge is -2.21. The van der Waals surface area contributed by atoms with Gasteiger partial charge in [-0.15, -0.1) is 11.6 Å². The fourth-order valence-electron chi connectivity index (χ4n) is 1.32. The van der Waals surface area contributed by atoms with Gasteiger partial charge in [-0.1, -0.05) is 0 Å². The first-order valence-electron chi connectivity index (χ1n) is 4.25. The number of ether oxygens (including phenoxy) is 1. The molecule has 0 saturated carbocycles. The molecule has 70 valence electrons. The molecule has 1 atom stereocenters. The Balaban J connectivity index is 2.09. The maximum absolute atomic E-state index is 10.7. The largest absolute Gasteiger partial charge is 0.464 e. The van der Waals surface area contributed by atoms with Crippen molar-refractivity contribution < 1.29 is 9.53 Å². The number of esters is 1. The number of carbonyl (C=O) groups excluding carboxylic acids is 1. The van der Waals surface area contributed by atoms with Gasteiger partial charge in [-0.3, -0.25) is 4.79 Å². The van der Waals surface area contributed by atoms with Crippen LogP contribution in [0.1, 0.15) is 12.8 Å². The van der Waals surface area contributed by atoms with Crippen LogP contribution in [0.3, 0.4) is 0 Å². The van der Waals surface area contributed by atoms with Crippen molar-refractivity contribution >= 4 is 17.6 Å². The lowest BCUT2D eigenvalue weighted by Crippen LogP contribution is -2.32. The van der Waals surface area contributed by atoms with Crippen molar-refractivity contribution in [3.8, 4) is 0 Å². The van der Waals surface area contributed by atoms with Gasteiger partial charge in [0, 0.05) is 12.5 Å². The minimum Gasteiger partial charge on any atom is -0.464 e. The molecule has 1 heterocycles. The van der Waals surface area contributed by atoms with E-state index in [1.807, 2.05) is 0 Å². The number of alkyl halides is 1. The van der Waals surface area contributed by atoms with Crippen molar-refractivity contribution in [3.63, 3.8) is 0 Å². The van der Waals surface area contributed by atoms with Gasteiger partial charge in [-0.05, 0) is 19.4 Å². The van der Waals surface area contributed by atoms with Crippen LogP contribution >= 0.6 is 11.6 Å². The van der Waals surface area contributed by atoms with Gasteiger partial charge in [-0.2, -0.15) is 0 Å². The van der Waals surface area contributed by atoms with Gasteiger partial charge in [0.05, 0.1) is 6.61 Å². The zero-order valence-electron chi connectivity index (χ0n) is 7.01. The molecule has 1 aliphatic rings. The first-order valence-corrected chi connectivity index (χ1v) is 4.78. The average Bonchev–Trinajstić information content (AvgIpc) is 2.16. The highest BCUT2D eigenvalue weighted by molar-refractivity contribution is 6.26. The molecule has 0 spiro atoms. The quantitative estimate of drug-likeness (QED) is 0.529. The molecule has 1 fully saturated rings. The molecule has 0 aromatic heterocycles. The zero-order valence-corrected chi connectivity index (χ0v) is 7.77. The average molecular weight is 192 g/mol. The molecule has 1 saturated heterocycles. The lowest BCUT2D eigenvalue weighted by molar-refractivity contribution is -0.142. The van der Waals surface area contributed by atoms with E-state index in [2.05, 4.69) is 5.32 Å². The smallest absolute Gasteiger partial charge is 0.320 e. The molecule has 0 radical (unpaired) electrons. The van der Waals surface area contributed by atoms with Crippen molar-refractivity contribution in [2.45, 2.75) is 12.8 Å². The fraction of sp³-hybridized carbons (Fsp3) is 0.875. The van der Waals surface area contributed by atoms with Crippen molar-refractivity contribution in [3.05, 3.63) is 0 Å². The maximum Gasteiger partial charge on any atom is 0.320 e. The number of carbonyl (C=O) groups is 1. The van der Waals surface area contributed by atoms with Gasteiger partial charge in [0.1, 0.15) is 5.88 Å². The molecule has 0 bridgehead atoms. The molecule has 4 heteroatoms. The van der Waals surface area contributed by atoms with Crippen molar-refractivity contribution in [2.75, 3.05) is 25.6 Å². The second-order valence-corrected chi connectivity index (χ2v) is 3.30. The summed E-state index contributed by atoms with van der Waals surface area (Å²) in [7, 11) is 0. The van der Waals surface area contributed by atoms with E-state index in [0.717, 1.165) is 19.5 Å². The third kappa shape index (κ3) is 3.41. The SMILES string of the molecule is O=C(CCl)OC[C@H]1CCCNC1. The third-order valence-corrected chi connectivity index (χ3v) is 2.21. The topological polar surface area (TPSA) is 38.3 Å². The summed E-state index contributed by atoms with van der Waals surface area (Å²) in [6.45, 7) is 2.55. The van der Waals surface area contributed by atoms with E-state index in [1.54, 1.807) is 0 Å². The molecule has 1 aliphatic heterocycles. The van der Waals surface area contributed by atoms with E-state index < -0.39 is 0 Å². The van der Waals surface area contributed by atoms with Crippen LogP contribution in [0, 0.1) is 5.92 Å². The summed E-state index contributed by atoms with van der Waals surface area (Å²) in [6.07, 6.45) is 2.31. The fourth-order valence-corrected chi connectivity index (χ4v) is 1.39. The Hall–Kier alpha value is -0.280. The monoisotopic (exact) mass is 191 g/mol. The molecule has 12 heavy (non-hydrogen) atoms. The van der Waals surface area contributed by atoms with Crippen LogP contribution in [-0.2, 0) is 9.53 Å². The number of piperidine rings is 1.